The molecule has 3 N–H and O–H groups in total. The van der Waals surface area contributed by atoms with Gasteiger partial charge in [-0.2, -0.15) is 4.72 Å². The molecule has 2 heterocycles. The molecule has 8 nitrogen and oxygen atoms in total. The second kappa shape index (κ2) is 8.30. The minimum absolute atomic E-state index is 0.142. The average molecular weight is 391 g/mol. The number of rotatable bonds is 6. The first kappa shape index (κ1) is 19.7. The van der Waals surface area contributed by atoms with E-state index in [-0.39, 0.29) is 16.7 Å². The number of amides is 1. The van der Waals surface area contributed by atoms with Crippen LogP contribution in [0.1, 0.15) is 13.8 Å². The zero-order valence-electron chi connectivity index (χ0n) is 15.5. The largest absolute Gasteiger partial charge is 0.314 e. The molecule has 1 fully saturated rings. The topological polar surface area (TPSA) is 103 Å². The Bertz CT molecular complexity index is 905. The van der Waals surface area contributed by atoms with E-state index in [0.29, 0.717) is 18.5 Å². The molecule has 1 saturated heterocycles. The molecular weight excluding hydrogens is 366 g/mol. The molecule has 0 bridgehead atoms. The van der Waals surface area contributed by atoms with Gasteiger partial charge >= 0.3 is 0 Å². The highest BCUT2D eigenvalue weighted by molar-refractivity contribution is 7.89. The van der Waals surface area contributed by atoms with E-state index in [9.17, 15) is 13.2 Å². The van der Waals surface area contributed by atoms with Gasteiger partial charge < -0.3 is 5.32 Å². The first-order valence-electron chi connectivity index (χ1n) is 9.00. The van der Waals surface area contributed by atoms with Crippen LogP contribution in [0.15, 0.2) is 41.6 Å². The van der Waals surface area contributed by atoms with Crippen molar-refractivity contribution in [2.45, 2.75) is 24.8 Å². The Balaban J connectivity index is 1.83. The van der Waals surface area contributed by atoms with Crippen LogP contribution in [0.4, 0.5) is 0 Å². The van der Waals surface area contributed by atoms with Crippen LogP contribution in [0, 0.1) is 5.92 Å². The Hall–Kier alpha value is -2.07. The van der Waals surface area contributed by atoms with E-state index in [2.05, 4.69) is 20.4 Å². The number of hydrazine groups is 1. The third-order valence-electron chi connectivity index (χ3n) is 4.55. The predicted molar refractivity (Wildman–Crippen MR) is 103 cm³/mol. The lowest BCUT2D eigenvalue weighted by Crippen LogP contribution is -2.58. The second-order valence-corrected chi connectivity index (χ2v) is 8.59. The lowest BCUT2D eigenvalue weighted by molar-refractivity contribution is -0.128. The van der Waals surface area contributed by atoms with Gasteiger partial charge in [0.1, 0.15) is 6.04 Å². The summed E-state index contributed by atoms with van der Waals surface area (Å²) in [5, 5.41) is 6.32. The van der Waals surface area contributed by atoms with Crippen molar-refractivity contribution in [3.63, 3.8) is 0 Å². The molecule has 2 aromatic rings. The molecule has 1 aromatic carbocycles. The Morgan fingerprint density at radius 2 is 1.96 bits per heavy atom. The van der Waals surface area contributed by atoms with Gasteiger partial charge in [-0.15, -0.1) is 0 Å². The smallest absolute Gasteiger partial charge is 0.252 e. The van der Waals surface area contributed by atoms with Gasteiger partial charge in [0.25, 0.3) is 5.91 Å². The summed E-state index contributed by atoms with van der Waals surface area (Å²) in [5.41, 5.74) is 2.83. The van der Waals surface area contributed by atoms with Gasteiger partial charge in [-0.25, -0.2) is 13.4 Å². The number of hydrogen-bond acceptors (Lipinski definition) is 6. The van der Waals surface area contributed by atoms with Crippen LogP contribution in [-0.4, -0.2) is 56.5 Å². The zero-order valence-corrected chi connectivity index (χ0v) is 16.3. The standard InChI is InChI=1S/C18H25N5O3S/c1-13(2)17(18(24)21-23-10-8-19-9-11-23)22-27(25,26)16-5-3-4-14-12-20-7-6-15(14)16/h3-7,12-13,17,19,22H,8-11H2,1-2H3,(H,21,24)/t17-/m0/s1. The first-order chi connectivity index (χ1) is 12.9. The minimum atomic E-state index is -3.89. The maximum Gasteiger partial charge on any atom is 0.252 e. The Morgan fingerprint density at radius 1 is 1.22 bits per heavy atom. The molecule has 1 aliphatic rings. The fourth-order valence-electron chi connectivity index (χ4n) is 3.05. The van der Waals surface area contributed by atoms with E-state index >= 15 is 0 Å². The van der Waals surface area contributed by atoms with Gasteiger partial charge in [-0.05, 0) is 18.1 Å². The molecule has 1 aliphatic heterocycles. The van der Waals surface area contributed by atoms with Crippen LogP contribution in [-0.2, 0) is 14.8 Å². The number of carbonyl (C=O) groups excluding carboxylic acids is 1. The quantitative estimate of drug-likeness (QED) is 0.662. The van der Waals surface area contributed by atoms with E-state index in [1.165, 1.54) is 6.07 Å². The summed E-state index contributed by atoms with van der Waals surface area (Å²) in [6.45, 7) is 6.55. The lowest BCUT2D eigenvalue weighted by Gasteiger charge is -2.30. The summed E-state index contributed by atoms with van der Waals surface area (Å²) in [5.74, 6) is -0.559. The number of nitrogens with one attached hydrogen (secondary N) is 3. The SMILES string of the molecule is CC(C)[C@H](NS(=O)(=O)c1cccc2cnccc12)C(=O)NN1CCNCC1. The van der Waals surface area contributed by atoms with Gasteiger partial charge in [0.2, 0.25) is 10.0 Å². The van der Waals surface area contributed by atoms with Crippen LogP contribution in [0.3, 0.4) is 0 Å². The number of nitrogens with zero attached hydrogens (tertiary/aromatic N) is 2. The maximum atomic E-state index is 13.0. The molecule has 9 heteroatoms. The average Bonchev–Trinajstić information content (AvgIpc) is 2.66. The van der Waals surface area contributed by atoms with Gasteiger partial charge in [-0.3, -0.25) is 15.2 Å². The first-order valence-corrected chi connectivity index (χ1v) is 10.5. The molecule has 146 valence electrons. The summed E-state index contributed by atoms with van der Waals surface area (Å²) in [6.07, 6.45) is 3.17. The van der Waals surface area contributed by atoms with E-state index in [4.69, 9.17) is 0 Å². The summed E-state index contributed by atoms with van der Waals surface area (Å²) >= 11 is 0. The Labute approximate surface area is 159 Å². The van der Waals surface area contributed by atoms with Crippen molar-refractivity contribution in [3.8, 4) is 0 Å². The molecule has 3 rings (SSSR count). The number of benzene rings is 1. The van der Waals surface area contributed by atoms with Crippen molar-refractivity contribution in [3.05, 3.63) is 36.7 Å². The highest BCUT2D eigenvalue weighted by Crippen LogP contribution is 2.22. The highest BCUT2D eigenvalue weighted by Gasteiger charge is 2.30. The number of carbonyl (C=O) groups is 1. The zero-order chi connectivity index (χ0) is 19.4. The normalized spacial score (nSPS) is 17.1. The van der Waals surface area contributed by atoms with Crippen molar-refractivity contribution < 1.29 is 13.2 Å². The van der Waals surface area contributed by atoms with E-state index < -0.39 is 16.1 Å². The van der Waals surface area contributed by atoms with E-state index in [1.54, 1.807) is 30.6 Å². The van der Waals surface area contributed by atoms with Crippen LogP contribution in [0.2, 0.25) is 0 Å². The van der Waals surface area contributed by atoms with Crippen LogP contribution in [0.25, 0.3) is 10.8 Å². The van der Waals surface area contributed by atoms with Gasteiger partial charge in [0, 0.05) is 49.3 Å². The highest BCUT2D eigenvalue weighted by atomic mass is 32.2. The Kier molecular flexibility index (Phi) is 6.05. The number of fused-ring (bicyclic) bond motifs is 1. The fourth-order valence-corrected chi connectivity index (χ4v) is 4.63. The molecule has 0 radical (unpaired) electrons. The number of hydrogen-bond donors (Lipinski definition) is 3. The lowest BCUT2D eigenvalue weighted by atomic mass is 10.1. The van der Waals surface area contributed by atoms with Gasteiger partial charge in [0.15, 0.2) is 0 Å². The molecule has 1 amide bonds. The van der Waals surface area contributed by atoms with Gasteiger partial charge in [0.05, 0.1) is 4.90 Å². The van der Waals surface area contributed by atoms with Crippen molar-refractivity contribution in [2.75, 3.05) is 26.2 Å². The molecule has 27 heavy (non-hydrogen) atoms. The summed E-state index contributed by atoms with van der Waals surface area (Å²) in [7, 11) is -3.89. The van der Waals surface area contributed by atoms with E-state index in [0.717, 1.165) is 18.5 Å². The summed E-state index contributed by atoms with van der Waals surface area (Å²) in [4.78, 5) is 16.9. The molecule has 0 saturated carbocycles. The van der Waals surface area contributed by atoms with Crippen molar-refractivity contribution >= 4 is 26.7 Å². The molecule has 0 unspecified atom stereocenters. The van der Waals surface area contributed by atoms with Gasteiger partial charge in [-0.1, -0.05) is 26.0 Å². The molecule has 0 spiro atoms. The van der Waals surface area contributed by atoms with Crippen LogP contribution in [0.5, 0.6) is 0 Å². The number of sulfonamides is 1. The Morgan fingerprint density at radius 3 is 2.67 bits per heavy atom. The molecule has 1 aromatic heterocycles. The fraction of sp³-hybridized carbons (Fsp3) is 0.444. The number of pyridine rings is 1. The third-order valence-corrected chi connectivity index (χ3v) is 6.05. The van der Waals surface area contributed by atoms with Crippen LogP contribution >= 0.6 is 0 Å². The maximum absolute atomic E-state index is 13.0. The minimum Gasteiger partial charge on any atom is -0.314 e. The predicted octanol–water partition coefficient (Wildman–Crippen LogP) is 0.474. The molecule has 0 aliphatic carbocycles. The van der Waals surface area contributed by atoms with E-state index in [1.807, 2.05) is 18.9 Å². The second-order valence-electron chi connectivity index (χ2n) is 6.91. The van der Waals surface area contributed by atoms with Crippen molar-refractivity contribution in [2.24, 2.45) is 5.92 Å². The van der Waals surface area contributed by atoms with Crippen molar-refractivity contribution in [1.29, 1.82) is 0 Å². The summed E-state index contributed by atoms with van der Waals surface area (Å²) < 4.78 is 28.6. The summed E-state index contributed by atoms with van der Waals surface area (Å²) in [6, 6.07) is 5.80. The monoisotopic (exact) mass is 391 g/mol. The van der Waals surface area contributed by atoms with Crippen LogP contribution < -0.4 is 15.5 Å². The number of aromatic nitrogens is 1. The molecular formula is C18H25N5O3S. The number of piperazine rings is 1. The van der Waals surface area contributed by atoms with Crippen molar-refractivity contribution in [1.82, 2.24) is 25.5 Å². The molecule has 1 atom stereocenters. The third kappa shape index (κ3) is 4.62.